The Hall–Kier alpha value is -2.39. The van der Waals surface area contributed by atoms with E-state index in [0.29, 0.717) is 45.8 Å². The number of aromatic nitrogens is 1. The van der Waals surface area contributed by atoms with E-state index < -0.39 is 12.0 Å². The van der Waals surface area contributed by atoms with E-state index >= 15 is 0 Å². The number of thiazole rings is 1. The Morgan fingerprint density at radius 3 is 2.54 bits per heavy atom. The normalized spacial score (nSPS) is 15.3. The van der Waals surface area contributed by atoms with E-state index in [1.807, 2.05) is 13.0 Å². The van der Waals surface area contributed by atoms with Gasteiger partial charge in [-0.3, -0.25) is 9.36 Å². The molecule has 194 valence electrons. The second-order valence-electron chi connectivity index (χ2n) is 7.95. The summed E-state index contributed by atoms with van der Waals surface area (Å²) in [4.78, 5) is 32.1. The number of rotatable bonds is 7. The molecule has 4 rings (SSSR count). The molecule has 2 heterocycles. The standard InChI is InChI=1S/C26H24I2N2O6S/c1-5-35-23-15(8-7-9-18(23)34-4)21-20(25(33)36-6-2)13(3)29-26-30(21)24(32)19(37-26)12-14-10-16(27)22(31)17(28)11-14/h7-12,21,31H,5-6H2,1-4H3/b19-12+/t21-/m1/s1. The van der Waals surface area contributed by atoms with Gasteiger partial charge in [0.05, 0.1) is 43.3 Å². The van der Waals surface area contributed by atoms with Crippen molar-refractivity contribution < 1.29 is 24.1 Å². The van der Waals surface area contributed by atoms with Crippen molar-refractivity contribution in [3.8, 4) is 17.2 Å². The molecule has 11 heteroatoms. The van der Waals surface area contributed by atoms with Crippen molar-refractivity contribution in [1.82, 2.24) is 4.57 Å². The third kappa shape index (κ3) is 5.30. The summed E-state index contributed by atoms with van der Waals surface area (Å²) in [5.41, 5.74) is 1.80. The van der Waals surface area contributed by atoms with Gasteiger partial charge in [0.25, 0.3) is 5.56 Å². The fraction of sp³-hybridized carbons (Fsp3) is 0.269. The van der Waals surface area contributed by atoms with Crippen LogP contribution in [0.2, 0.25) is 0 Å². The minimum Gasteiger partial charge on any atom is -0.506 e. The number of carbonyl (C=O) groups is 1. The molecule has 0 fully saturated rings. The molecular formula is C26H24I2N2O6S. The van der Waals surface area contributed by atoms with Crippen molar-refractivity contribution in [1.29, 1.82) is 0 Å². The van der Waals surface area contributed by atoms with Crippen LogP contribution < -0.4 is 24.4 Å². The molecule has 1 N–H and O–H groups in total. The van der Waals surface area contributed by atoms with Crippen molar-refractivity contribution >= 4 is 68.6 Å². The molecule has 0 saturated heterocycles. The predicted molar refractivity (Wildman–Crippen MR) is 158 cm³/mol. The zero-order chi connectivity index (χ0) is 26.9. The van der Waals surface area contributed by atoms with Gasteiger partial charge in [-0.05, 0) is 95.8 Å². The first-order valence-electron chi connectivity index (χ1n) is 11.4. The second-order valence-corrected chi connectivity index (χ2v) is 11.3. The number of para-hydroxylation sites is 1. The molecule has 1 aromatic heterocycles. The van der Waals surface area contributed by atoms with Crippen LogP contribution in [0, 0.1) is 7.14 Å². The van der Waals surface area contributed by atoms with E-state index in [2.05, 4.69) is 50.2 Å². The summed E-state index contributed by atoms with van der Waals surface area (Å²) in [6.45, 7) is 5.87. The number of halogens is 2. The van der Waals surface area contributed by atoms with Crippen LogP contribution in [-0.4, -0.2) is 36.0 Å². The zero-order valence-electron chi connectivity index (χ0n) is 20.5. The largest absolute Gasteiger partial charge is 0.506 e. The van der Waals surface area contributed by atoms with Crippen molar-refractivity contribution in [2.45, 2.75) is 26.8 Å². The molecule has 8 nitrogen and oxygen atoms in total. The number of ether oxygens (including phenoxy) is 3. The molecule has 0 unspecified atom stereocenters. The first-order chi connectivity index (χ1) is 17.7. The van der Waals surface area contributed by atoms with Crippen LogP contribution in [0.15, 0.2) is 51.4 Å². The van der Waals surface area contributed by atoms with Gasteiger partial charge >= 0.3 is 5.97 Å². The SMILES string of the molecule is CCOC(=O)C1=C(C)N=c2s/c(=C/c3cc(I)c(O)c(I)c3)c(=O)n2[C@@H]1c1cccc(OC)c1OCC. The van der Waals surface area contributed by atoms with Crippen molar-refractivity contribution in [2.24, 2.45) is 4.99 Å². The van der Waals surface area contributed by atoms with E-state index in [-0.39, 0.29) is 23.5 Å². The summed E-state index contributed by atoms with van der Waals surface area (Å²) < 4.78 is 20.2. The molecule has 0 bridgehead atoms. The molecule has 1 aliphatic rings. The molecule has 37 heavy (non-hydrogen) atoms. The van der Waals surface area contributed by atoms with Crippen LogP contribution in [0.5, 0.6) is 17.2 Å². The molecule has 0 spiro atoms. The molecule has 3 aromatic rings. The van der Waals surface area contributed by atoms with Crippen LogP contribution in [0.25, 0.3) is 6.08 Å². The van der Waals surface area contributed by atoms with Crippen LogP contribution in [0.1, 0.15) is 37.9 Å². The first kappa shape index (κ1) is 27.6. The molecule has 1 aliphatic heterocycles. The summed E-state index contributed by atoms with van der Waals surface area (Å²) in [5, 5.41) is 10.1. The summed E-state index contributed by atoms with van der Waals surface area (Å²) in [6, 6.07) is 8.17. The van der Waals surface area contributed by atoms with Gasteiger partial charge in [0.15, 0.2) is 16.3 Å². The Morgan fingerprint density at radius 2 is 1.92 bits per heavy atom. The lowest BCUT2D eigenvalue weighted by Gasteiger charge is -2.26. The van der Waals surface area contributed by atoms with Gasteiger partial charge in [0.1, 0.15) is 11.8 Å². The average Bonchev–Trinajstić information content (AvgIpc) is 3.16. The summed E-state index contributed by atoms with van der Waals surface area (Å²) in [5.74, 6) is 0.603. The Labute approximate surface area is 244 Å². The highest BCUT2D eigenvalue weighted by molar-refractivity contribution is 14.1. The lowest BCUT2D eigenvalue weighted by Crippen LogP contribution is -2.40. The minimum absolute atomic E-state index is 0.182. The number of aromatic hydroxyl groups is 1. The van der Waals surface area contributed by atoms with Gasteiger partial charge in [-0.15, -0.1) is 0 Å². The van der Waals surface area contributed by atoms with Gasteiger partial charge in [-0.25, -0.2) is 9.79 Å². The molecule has 0 aliphatic carbocycles. The van der Waals surface area contributed by atoms with Gasteiger partial charge in [0, 0.05) is 5.56 Å². The fourth-order valence-electron chi connectivity index (χ4n) is 4.11. The number of allylic oxidation sites excluding steroid dienone is 1. The van der Waals surface area contributed by atoms with E-state index in [1.54, 1.807) is 51.3 Å². The molecule has 0 saturated carbocycles. The topological polar surface area (TPSA) is 99.4 Å². The number of carbonyl (C=O) groups excluding carboxylic acids is 1. The number of benzene rings is 2. The van der Waals surface area contributed by atoms with Crippen LogP contribution in [0.4, 0.5) is 0 Å². The highest BCUT2D eigenvalue weighted by Crippen LogP contribution is 2.40. The number of fused-ring (bicyclic) bond motifs is 1. The molecule has 1 atom stereocenters. The lowest BCUT2D eigenvalue weighted by molar-refractivity contribution is -0.139. The molecule has 0 amide bonds. The van der Waals surface area contributed by atoms with Gasteiger partial charge < -0.3 is 19.3 Å². The average molecular weight is 746 g/mol. The van der Waals surface area contributed by atoms with E-state index in [1.165, 1.54) is 15.9 Å². The highest BCUT2D eigenvalue weighted by Gasteiger charge is 2.36. The number of nitrogens with zero attached hydrogens (tertiary/aromatic N) is 2. The summed E-state index contributed by atoms with van der Waals surface area (Å²) in [6.07, 6.45) is 1.77. The smallest absolute Gasteiger partial charge is 0.338 e. The third-order valence-corrected chi connectivity index (χ3v) is 8.29. The number of methoxy groups -OCH3 is 1. The lowest BCUT2D eigenvalue weighted by atomic mass is 9.94. The Bertz CT molecular complexity index is 1570. The maximum absolute atomic E-state index is 13.9. The van der Waals surface area contributed by atoms with Crippen molar-refractivity contribution in [2.75, 3.05) is 20.3 Å². The van der Waals surface area contributed by atoms with Gasteiger partial charge in [0.2, 0.25) is 0 Å². The number of esters is 1. The van der Waals surface area contributed by atoms with Gasteiger partial charge in [-0.1, -0.05) is 23.5 Å². The molecule has 2 aromatic carbocycles. The Kier molecular flexibility index (Phi) is 8.63. The van der Waals surface area contributed by atoms with E-state index in [4.69, 9.17) is 14.2 Å². The maximum Gasteiger partial charge on any atom is 0.338 e. The van der Waals surface area contributed by atoms with Crippen LogP contribution in [-0.2, 0) is 9.53 Å². The van der Waals surface area contributed by atoms with E-state index in [9.17, 15) is 14.7 Å². The highest BCUT2D eigenvalue weighted by atomic mass is 127. The first-order valence-corrected chi connectivity index (χ1v) is 14.4. The van der Waals surface area contributed by atoms with Gasteiger partial charge in [-0.2, -0.15) is 0 Å². The van der Waals surface area contributed by atoms with Crippen molar-refractivity contribution in [3.63, 3.8) is 0 Å². The maximum atomic E-state index is 13.9. The Morgan fingerprint density at radius 1 is 1.22 bits per heavy atom. The number of phenolic OH excluding ortho intramolecular Hbond substituents is 1. The van der Waals surface area contributed by atoms with E-state index in [0.717, 1.165) is 5.56 Å². The predicted octanol–water partition coefficient (Wildman–Crippen LogP) is 4.12. The second kappa shape index (κ2) is 11.6. The number of hydrogen-bond donors (Lipinski definition) is 1. The van der Waals surface area contributed by atoms with Crippen LogP contribution in [0.3, 0.4) is 0 Å². The monoisotopic (exact) mass is 746 g/mol. The third-order valence-electron chi connectivity index (χ3n) is 5.67. The number of phenols is 1. The minimum atomic E-state index is -0.825. The molecule has 0 radical (unpaired) electrons. The quantitative estimate of drug-likeness (QED) is 0.289. The number of hydrogen-bond acceptors (Lipinski definition) is 8. The fourth-order valence-corrected chi connectivity index (χ4v) is 6.98. The van der Waals surface area contributed by atoms with Crippen LogP contribution >= 0.6 is 56.5 Å². The Balaban J connectivity index is 2.02. The van der Waals surface area contributed by atoms with Crippen molar-refractivity contribution in [3.05, 3.63) is 79.6 Å². The summed E-state index contributed by atoms with van der Waals surface area (Å²) >= 11 is 5.35. The molecular weight excluding hydrogens is 722 g/mol. The zero-order valence-corrected chi connectivity index (χ0v) is 25.6. The summed E-state index contributed by atoms with van der Waals surface area (Å²) in [7, 11) is 1.54.